The highest BCUT2D eigenvalue weighted by atomic mass is 33.1. The zero-order valence-corrected chi connectivity index (χ0v) is 13.9. The van der Waals surface area contributed by atoms with Gasteiger partial charge >= 0.3 is 5.97 Å². The monoisotopic (exact) mass is 347 g/mol. The third kappa shape index (κ3) is 11.8. The van der Waals surface area contributed by atoms with Crippen molar-refractivity contribution in [2.24, 2.45) is 0 Å². The summed E-state index contributed by atoms with van der Waals surface area (Å²) in [6.45, 7) is 2.81. The van der Waals surface area contributed by atoms with Gasteiger partial charge in [0, 0.05) is 11.9 Å². The normalized spacial score (nSPS) is 10.7. The van der Waals surface area contributed by atoms with Gasteiger partial charge in [0.25, 0.3) is 0 Å². The molecule has 0 amide bonds. The molecule has 1 N–H and O–H groups in total. The van der Waals surface area contributed by atoms with E-state index >= 15 is 0 Å². The quantitative estimate of drug-likeness (QED) is 0.406. The van der Waals surface area contributed by atoms with E-state index in [0.717, 1.165) is 10.8 Å². The average molecular weight is 347 g/mol. The lowest BCUT2D eigenvalue weighted by atomic mass is 10.5. The van der Waals surface area contributed by atoms with Crippen LogP contribution in [0, 0.1) is 0 Å². The van der Waals surface area contributed by atoms with E-state index in [4.69, 9.17) is 19.3 Å². The van der Waals surface area contributed by atoms with E-state index < -0.39 is 5.97 Å². The van der Waals surface area contributed by atoms with Crippen LogP contribution in [0.1, 0.15) is 6.42 Å². The Morgan fingerprint density at radius 2 is 1.73 bits per heavy atom. The molecule has 1 aromatic heterocycles. The molecule has 0 radical (unpaired) electrons. The molecule has 0 fully saturated rings. The summed E-state index contributed by atoms with van der Waals surface area (Å²) in [5.41, 5.74) is 0. The van der Waals surface area contributed by atoms with E-state index in [1.54, 1.807) is 27.8 Å². The van der Waals surface area contributed by atoms with Crippen molar-refractivity contribution in [2.45, 2.75) is 11.4 Å². The van der Waals surface area contributed by atoms with Gasteiger partial charge in [-0.2, -0.15) is 0 Å². The Morgan fingerprint density at radius 3 is 2.36 bits per heavy atom. The Morgan fingerprint density at radius 1 is 1.05 bits per heavy atom. The maximum atomic E-state index is 10.2. The Labute approximate surface area is 138 Å². The number of ether oxygens (including phenoxy) is 3. The number of nitrogens with zero attached hydrogens (tertiary/aromatic N) is 1. The van der Waals surface area contributed by atoms with Gasteiger partial charge in [-0.05, 0) is 22.9 Å². The van der Waals surface area contributed by atoms with Gasteiger partial charge in [-0.3, -0.25) is 4.79 Å². The van der Waals surface area contributed by atoms with Crippen LogP contribution in [-0.4, -0.2) is 61.5 Å². The highest BCUT2D eigenvalue weighted by Crippen LogP contribution is 2.28. The van der Waals surface area contributed by atoms with Crippen molar-refractivity contribution in [1.29, 1.82) is 0 Å². The fourth-order valence-corrected chi connectivity index (χ4v) is 3.03. The smallest absolute Gasteiger partial charge is 0.305 e. The molecule has 0 unspecified atom stereocenters. The highest BCUT2D eigenvalue weighted by Gasteiger charge is 1.97. The van der Waals surface area contributed by atoms with E-state index in [1.165, 1.54) is 0 Å². The van der Waals surface area contributed by atoms with Crippen LogP contribution in [0.15, 0.2) is 29.4 Å². The number of carboxylic acid groups (broad SMARTS) is 1. The number of hydrogen-bond donors (Lipinski definition) is 1. The molecule has 1 aromatic rings. The molecule has 0 saturated carbocycles. The molecule has 22 heavy (non-hydrogen) atoms. The maximum absolute atomic E-state index is 10.2. The Kier molecular flexibility index (Phi) is 12.1. The lowest BCUT2D eigenvalue weighted by Gasteiger charge is -2.06. The minimum Gasteiger partial charge on any atom is -0.481 e. The number of carboxylic acids is 1. The van der Waals surface area contributed by atoms with E-state index in [0.29, 0.717) is 33.0 Å². The zero-order valence-electron chi connectivity index (χ0n) is 12.3. The van der Waals surface area contributed by atoms with E-state index in [1.807, 2.05) is 18.2 Å². The molecule has 0 aromatic carbocycles. The fourth-order valence-electron chi connectivity index (χ4n) is 1.29. The van der Waals surface area contributed by atoms with Crippen molar-refractivity contribution in [3.05, 3.63) is 24.4 Å². The summed E-state index contributed by atoms with van der Waals surface area (Å²) in [5, 5.41) is 9.40. The van der Waals surface area contributed by atoms with Gasteiger partial charge in [-0.1, -0.05) is 16.9 Å². The van der Waals surface area contributed by atoms with Crippen molar-refractivity contribution in [1.82, 2.24) is 4.98 Å². The maximum Gasteiger partial charge on any atom is 0.305 e. The van der Waals surface area contributed by atoms with Crippen molar-refractivity contribution < 1.29 is 24.1 Å². The lowest BCUT2D eigenvalue weighted by Crippen LogP contribution is -2.11. The third-order valence-electron chi connectivity index (χ3n) is 2.30. The molecular weight excluding hydrogens is 326 g/mol. The van der Waals surface area contributed by atoms with Gasteiger partial charge in [-0.15, -0.1) is 0 Å². The van der Waals surface area contributed by atoms with Gasteiger partial charge in [0.2, 0.25) is 0 Å². The minimum absolute atomic E-state index is 0.0251. The summed E-state index contributed by atoms with van der Waals surface area (Å²) in [5.74, 6) is 0.0351. The van der Waals surface area contributed by atoms with Crippen LogP contribution < -0.4 is 0 Å². The van der Waals surface area contributed by atoms with Crippen molar-refractivity contribution in [2.75, 3.05) is 45.4 Å². The molecule has 8 heteroatoms. The van der Waals surface area contributed by atoms with Crippen LogP contribution in [0.25, 0.3) is 0 Å². The number of aromatic nitrogens is 1. The molecule has 0 spiro atoms. The van der Waals surface area contributed by atoms with Crippen LogP contribution in [0.3, 0.4) is 0 Å². The Bertz CT molecular complexity index is 394. The van der Waals surface area contributed by atoms with Crippen LogP contribution in [-0.2, 0) is 19.0 Å². The number of carbonyl (C=O) groups is 1. The molecule has 0 aliphatic rings. The van der Waals surface area contributed by atoms with Crippen molar-refractivity contribution in [3.63, 3.8) is 0 Å². The number of hydrogen-bond acceptors (Lipinski definition) is 7. The van der Waals surface area contributed by atoms with Crippen LogP contribution in [0.2, 0.25) is 0 Å². The summed E-state index contributed by atoms with van der Waals surface area (Å²) in [4.78, 5) is 14.4. The van der Waals surface area contributed by atoms with Gasteiger partial charge < -0.3 is 19.3 Å². The summed E-state index contributed by atoms with van der Waals surface area (Å²) in [6.07, 6.45) is 1.80. The largest absolute Gasteiger partial charge is 0.481 e. The van der Waals surface area contributed by atoms with Crippen molar-refractivity contribution in [3.8, 4) is 0 Å². The van der Waals surface area contributed by atoms with Crippen LogP contribution >= 0.6 is 21.6 Å². The van der Waals surface area contributed by atoms with Gasteiger partial charge in [0.15, 0.2) is 0 Å². The molecule has 6 nitrogen and oxygen atoms in total. The number of aliphatic carboxylic acids is 1. The number of pyridine rings is 1. The molecule has 0 aliphatic heterocycles. The summed E-state index contributed by atoms with van der Waals surface area (Å²) in [6, 6.07) is 5.84. The molecule has 1 heterocycles. The predicted molar refractivity (Wildman–Crippen MR) is 87.3 cm³/mol. The second kappa shape index (κ2) is 13.8. The predicted octanol–water partition coefficient (Wildman–Crippen LogP) is 2.35. The molecule has 124 valence electrons. The van der Waals surface area contributed by atoms with Crippen LogP contribution in [0.5, 0.6) is 0 Å². The Balaban J connectivity index is 1.76. The molecule has 0 saturated heterocycles. The molecule has 0 aliphatic carbocycles. The Hall–Kier alpha value is -0.800. The first-order chi connectivity index (χ1) is 10.8. The van der Waals surface area contributed by atoms with Gasteiger partial charge in [0.05, 0.1) is 46.1 Å². The van der Waals surface area contributed by atoms with E-state index in [-0.39, 0.29) is 13.0 Å². The molecule has 0 bridgehead atoms. The van der Waals surface area contributed by atoms with Crippen LogP contribution in [0.4, 0.5) is 0 Å². The summed E-state index contributed by atoms with van der Waals surface area (Å²) >= 11 is 0. The first kappa shape index (κ1) is 19.2. The number of rotatable bonds is 14. The second-order valence-corrected chi connectivity index (χ2v) is 6.49. The zero-order chi connectivity index (χ0) is 15.9. The first-order valence-corrected chi connectivity index (χ1v) is 9.26. The van der Waals surface area contributed by atoms with E-state index in [9.17, 15) is 4.79 Å². The molecule has 0 atom stereocenters. The second-order valence-electron chi connectivity index (χ2n) is 4.05. The van der Waals surface area contributed by atoms with Crippen molar-refractivity contribution >= 4 is 27.6 Å². The lowest BCUT2D eigenvalue weighted by molar-refractivity contribution is -0.138. The molecular formula is C14H21NO5S2. The molecule has 1 rings (SSSR count). The SMILES string of the molecule is O=C(O)CCOCCOCCOCCSSc1ccccn1. The first-order valence-electron chi connectivity index (χ1n) is 6.94. The standard InChI is InChI=1S/C14H21NO5S2/c16-14(17)4-6-18-7-8-19-9-10-20-11-12-21-22-13-3-1-2-5-15-13/h1-3,5H,4,6-12H2,(H,16,17). The summed E-state index contributed by atoms with van der Waals surface area (Å²) in [7, 11) is 3.34. The fraction of sp³-hybridized carbons (Fsp3) is 0.571. The summed E-state index contributed by atoms with van der Waals surface area (Å²) < 4.78 is 15.8. The topological polar surface area (TPSA) is 77.9 Å². The highest BCUT2D eigenvalue weighted by molar-refractivity contribution is 8.76. The van der Waals surface area contributed by atoms with E-state index in [2.05, 4.69) is 4.98 Å². The average Bonchev–Trinajstić information content (AvgIpc) is 2.52. The minimum atomic E-state index is -0.853. The van der Waals surface area contributed by atoms with Gasteiger partial charge in [0.1, 0.15) is 5.03 Å². The van der Waals surface area contributed by atoms with Gasteiger partial charge in [-0.25, -0.2) is 4.98 Å². The third-order valence-corrected chi connectivity index (χ3v) is 4.53.